The van der Waals surface area contributed by atoms with Gasteiger partial charge in [0.1, 0.15) is 0 Å². The van der Waals surface area contributed by atoms with Crippen molar-refractivity contribution in [2.24, 2.45) is 16.6 Å². The number of nitrogens with two attached hydrogens (primary N) is 1. The van der Waals surface area contributed by atoms with Gasteiger partial charge >= 0.3 is 5.97 Å². The second kappa shape index (κ2) is 10.4. The number of halogens is 1. The second-order valence-electron chi connectivity index (χ2n) is 4.48. The molecule has 0 unspecified atom stereocenters. The van der Waals surface area contributed by atoms with Crippen LogP contribution in [0.3, 0.4) is 0 Å². The van der Waals surface area contributed by atoms with Crippen LogP contribution in [0.4, 0.5) is 0 Å². The number of rotatable bonds is 7. The molecule has 0 aromatic carbocycles. The zero-order chi connectivity index (χ0) is 12.5. The van der Waals surface area contributed by atoms with Crippen LogP contribution in [0.5, 0.6) is 0 Å². The lowest BCUT2D eigenvalue weighted by atomic mass is 9.86. The van der Waals surface area contributed by atoms with E-state index in [1.165, 1.54) is 26.4 Å². The third kappa shape index (κ3) is 7.73. The predicted molar refractivity (Wildman–Crippen MR) is 83.1 cm³/mol. The molecular weight excluding hydrogens is 345 g/mol. The highest BCUT2D eigenvalue weighted by molar-refractivity contribution is 14.0. The number of methoxy groups -OCH3 is 1. The van der Waals surface area contributed by atoms with E-state index in [1.807, 2.05) is 0 Å². The molecule has 0 aromatic rings. The largest absolute Gasteiger partial charge is 0.469 e. The number of hydrogen-bond acceptors (Lipinski definition) is 3. The van der Waals surface area contributed by atoms with Crippen LogP contribution in [-0.2, 0) is 9.53 Å². The number of carbonyl (C=O) groups excluding carboxylic acids is 1. The van der Waals surface area contributed by atoms with Crippen molar-refractivity contribution in [3.05, 3.63) is 0 Å². The van der Waals surface area contributed by atoms with Crippen molar-refractivity contribution in [1.29, 1.82) is 0 Å². The first-order valence-electron chi connectivity index (χ1n) is 6.33. The van der Waals surface area contributed by atoms with E-state index in [-0.39, 0.29) is 29.9 Å². The molecule has 0 aliphatic heterocycles. The van der Waals surface area contributed by atoms with Crippen molar-refractivity contribution in [3.63, 3.8) is 0 Å². The van der Waals surface area contributed by atoms with E-state index in [2.05, 4.69) is 15.0 Å². The molecule has 1 aliphatic carbocycles. The van der Waals surface area contributed by atoms with Crippen molar-refractivity contribution in [3.8, 4) is 0 Å². The molecule has 6 heteroatoms. The van der Waals surface area contributed by atoms with Crippen LogP contribution in [0.25, 0.3) is 0 Å². The van der Waals surface area contributed by atoms with Crippen LogP contribution in [-0.4, -0.2) is 32.1 Å². The van der Waals surface area contributed by atoms with Crippen LogP contribution in [0.1, 0.15) is 38.5 Å². The minimum Gasteiger partial charge on any atom is -0.469 e. The van der Waals surface area contributed by atoms with Crippen LogP contribution in [0, 0.1) is 5.92 Å². The Morgan fingerprint density at radius 2 is 2.17 bits per heavy atom. The van der Waals surface area contributed by atoms with Crippen molar-refractivity contribution in [2.45, 2.75) is 38.5 Å². The Hall–Kier alpha value is -0.530. The number of esters is 1. The summed E-state index contributed by atoms with van der Waals surface area (Å²) < 4.78 is 4.55. The quantitative estimate of drug-likeness (QED) is 0.235. The van der Waals surface area contributed by atoms with E-state index in [1.54, 1.807) is 0 Å². The number of ether oxygens (including phenoxy) is 1. The molecule has 0 atom stereocenters. The lowest BCUT2D eigenvalue weighted by Gasteiger charge is -2.23. The monoisotopic (exact) mass is 369 g/mol. The van der Waals surface area contributed by atoms with Gasteiger partial charge in [0.05, 0.1) is 7.11 Å². The summed E-state index contributed by atoms with van der Waals surface area (Å²) in [5, 5.41) is 3.05. The summed E-state index contributed by atoms with van der Waals surface area (Å²) >= 11 is 0. The molecule has 1 aliphatic rings. The van der Waals surface area contributed by atoms with E-state index in [0.717, 1.165) is 31.8 Å². The number of nitrogens with zero attached hydrogens (tertiary/aromatic N) is 1. The summed E-state index contributed by atoms with van der Waals surface area (Å²) in [6, 6.07) is 0. The van der Waals surface area contributed by atoms with E-state index >= 15 is 0 Å². The highest BCUT2D eigenvalue weighted by Crippen LogP contribution is 2.26. The van der Waals surface area contributed by atoms with E-state index in [9.17, 15) is 4.79 Å². The van der Waals surface area contributed by atoms with Gasteiger partial charge in [-0.05, 0) is 31.6 Å². The van der Waals surface area contributed by atoms with Crippen molar-refractivity contribution in [2.75, 3.05) is 20.2 Å². The van der Waals surface area contributed by atoms with Gasteiger partial charge < -0.3 is 15.8 Å². The Balaban J connectivity index is 0.00000289. The number of guanidine groups is 1. The number of unbranched alkanes of at least 4 members (excludes halogenated alkanes) is 1. The number of hydrogen-bond donors (Lipinski definition) is 2. The summed E-state index contributed by atoms with van der Waals surface area (Å²) in [6.45, 7) is 1.61. The van der Waals surface area contributed by atoms with Crippen LogP contribution in [0.15, 0.2) is 4.99 Å². The first kappa shape index (κ1) is 17.5. The third-order valence-corrected chi connectivity index (χ3v) is 3.09. The molecule has 0 amide bonds. The standard InChI is InChI=1S/C12H23N3O2.HI/c1-17-11(16)7-2-3-8-14-12(13)15-9-10-5-4-6-10;/h10H,2-9H2,1H3,(H3,13,14,15);1H. The lowest BCUT2D eigenvalue weighted by Crippen LogP contribution is -2.33. The fourth-order valence-electron chi connectivity index (χ4n) is 1.67. The van der Waals surface area contributed by atoms with Gasteiger partial charge in [-0.2, -0.15) is 0 Å². The highest BCUT2D eigenvalue weighted by atomic mass is 127. The zero-order valence-electron chi connectivity index (χ0n) is 11.0. The first-order valence-corrected chi connectivity index (χ1v) is 6.33. The lowest BCUT2D eigenvalue weighted by molar-refractivity contribution is -0.140. The fraction of sp³-hybridized carbons (Fsp3) is 0.833. The van der Waals surface area contributed by atoms with Gasteiger partial charge in [0.25, 0.3) is 0 Å². The smallest absolute Gasteiger partial charge is 0.305 e. The highest BCUT2D eigenvalue weighted by Gasteiger charge is 2.16. The predicted octanol–water partition coefficient (Wildman–Crippen LogP) is 1.65. The minimum atomic E-state index is -0.156. The van der Waals surface area contributed by atoms with Gasteiger partial charge in [-0.1, -0.05) is 6.42 Å². The molecule has 3 N–H and O–H groups in total. The summed E-state index contributed by atoms with van der Waals surface area (Å²) in [5.41, 5.74) is 5.72. The summed E-state index contributed by atoms with van der Waals surface area (Å²) in [7, 11) is 1.41. The molecule has 1 saturated carbocycles. The van der Waals surface area contributed by atoms with Crippen molar-refractivity contribution in [1.82, 2.24) is 5.32 Å². The molecule has 106 valence electrons. The zero-order valence-corrected chi connectivity index (χ0v) is 13.3. The molecule has 1 rings (SSSR count). The molecule has 0 heterocycles. The molecule has 5 nitrogen and oxygen atoms in total. The van der Waals surface area contributed by atoms with Crippen molar-refractivity contribution < 1.29 is 9.53 Å². The maximum Gasteiger partial charge on any atom is 0.305 e. The van der Waals surface area contributed by atoms with Crippen LogP contribution in [0.2, 0.25) is 0 Å². The van der Waals surface area contributed by atoms with Gasteiger partial charge in [-0.25, -0.2) is 0 Å². The van der Waals surface area contributed by atoms with Gasteiger partial charge in [-0.15, -0.1) is 24.0 Å². The Labute approximate surface area is 126 Å². The van der Waals surface area contributed by atoms with Gasteiger partial charge in [0.15, 0.2) is 5.96 Å². The second-order valence-corrected chi connectivity index (χ2v) is 4.48. The Bertz CT molecular complexity index is 268. The average molecular weight is 369 g/mol. The maximum absolute atomic E-state index is 10.8. The Morgan fingerprint density at radius 3 is 2.72 bits per heavy atom. The third-order valence-electron chi connectivity index (χ3n) is 3.09. The first-order chi connectivity index (χ1) is 8.22. The van der Waals surface area contributed by atoms with Crippen LogP contribution >= 0.6 is 24.0 Å². The summed E-state index contributed by atoms with van der Waals surface area (Å²) in [4.78, 5) is 15.1. The van der Waals surface area contributed by atoms with Gasteiger partial charge in [0.2, 0.25) is 0 Å². The molecule has 0 spiro atoms. The van der Waals surface area contributed by atoms with Crippen molar-refractivity contribution >= 4 is 35.9 Å². The SMILES string of the molecule is COC(=O)CCCCNC(N)=NCC1CCC1.I. The minimum absolute atomic E-state index is 0. The van der Waals surface area contributed by atoms with Gasteiger partial charge in [-0.3, -0.25) is 9.79 Å². The number of nitrogens with one attached hydrogen (secondary N) is 1. The molecule has 0 bridgehead atoms. The fourth-order valence-corrected chi connectivity index (χ4v) is 1.67. The van der Waals surface area contributed by atoms with E-state index < -0.39 is 0 Å². The van der Waals surface area contributed by atoms with Crippen LogP contribution < -0.4 is 11.1 Å². The average Bonchev–Trinajstić information content (AvgIpc) is 2.26. The topological polar surface area (TPSA) is 76.7 Å². The molecule has 0 saturated heterocycles. The molecule has 0 radical (unpaired) electrons. The maximum atomic E-state index is 10.8. The van der Waals surface area contributed by atoms with E-state index in [0.29, 0.717) is 12.4 Å². The number of aliphatic imine (C=N–C) groups is 1. The molecular formula is C12H24IN3O2. The van der Waals surface area contributed by atoms with E-state index in [4.69, 9.17) is 5.73 Å². The molecule has 0 aromatic heterocycles. The normalized spacial score (nSPS) is 15.5. The summed E-state index contributed by atoms with van der Waals surface area (Å²) in [5.74, 6) is 1.11. The Kier molecular flexibility index (Phi) is 10.1. The number of carbonyl (C=O) groups is 1. The Morgan fingerprint density at radius 1 is 1.44 bits per heavy atom. The molecule has 1 fully saturated rings. The summed E-state index contributed by atoms with van der Waals surface area (Å²) in [6.07, 6.45) is 6.09. The van der Waals surface area contributed by atoms with Gasteiger partial charge in [0, 0.05) is 19.5 Å². The molecule has 18 heavy (non-hydrogen) atoms.